The summed E-state index contributed by atoms with van der Waals surface area (Å²) in [5, 5.41) is 22.3. The molecule has 0 radical (unpaired) electrons. The second-order valence-corrected chi connectivity index (χ2v) is 9.44. The Labute approximate surface area is 254 Å². The molecule has 0 aromatic heterocycles. The number of likely N-dealkylation sites (N-methyl/N-ethyl adjacent to an activating group) is 2. The highest BCUT2D eigenvalue weighted by Crippen LogP contribution is 2.08. The number of hydrogen-bond donors (Lipinski definition) is 7. The van der Waals surface area contributed by atoms with Gasteiger partial charge in [-0.15, -0.1) is 4.91 Å². The highest BCUT2D eigenvalue weighted by molar-refractivity contribution is 5.88. The van der Waals surface area contributed by atoms with E-state index in [-0.39, 0.29) is 58.8 Å². The van der Waals surface area contributed by atoms with Crippen LogP contribution in [0.3, 0.4) is 0 Å². The van der Waals surface area contributed by atoms with Gasteiger partial charge in [0.05, 0.1) is 13.1 Å². The van der Waals surface area contributed by atoms with Crippen LogP contribution in [-0.4, -0.2) is 148 Å². The monoisotopic (exact) mass is 635 g/mol. The number of carboxylic acids is 1. The zero-order valence-electron chi connectivity index (χ0n) is 25.1. The van der Waals surface area contributed by atoms with Crippen LogP contribution < -0.4 is 33.1 Å². The maximum atomic E-state index is 12.6. The van der Waals surface area contributed by atoms with Gasteiger partial charge >= 0.3 is 11.9 Å². The molecule has 44 heavy (non-hydrogen) atoms. The van der Waals surface area contributed by atoms with E-state index in [1.807, 2.05) is 4.90 Å². The molecule has 0 saturated heterocycles. The van der Waals surface area contributed by atoms with Crippen molar-refractivity contribution in [2.75, 3.05) is 85.7 Å². The number of hydrogen-bond acceptors (Lipinski definition) is 16. The highest BCUT2D eigenvalue weighted by Gasteiger charge is 2.30. The van der Waals surface area contributed by atoms with E-state index in [1.165, 1.54) is 11.9 Å². The Kier molecular flexibility index (Phi) is 22.7. The predicted octanol–water partition coefficient (Wildman–Crippen LogP) is -4.56. The van der Waals surface area contributed by atoms with E-state index >= 15 is 0 Å². The summed E-state index contributed by atoms with van der Waals surface area (Å²) in [6.45, 7) is 2.46. The SMILES string of the molecule is CCNCC(=O)C(CN(C)CC(=O)O)OC(=O)C(CCC(=O)NCCN(CCNC(=O)CON)CCNC(=O)CON)N=O. The molecular formula is C24H45N9O11. The molecule has 20 heteroatoms. The predicted molar refractivity (Wildman–Crippen MR) is 153 cm³/mol. The van der Waals surface area contributed by atoms with Crippen molar-refractivity contribution in [3.8, 4) is 0 Å². The number of nitroso groups, excluding NO2 is 1. The van der Waals surface area contributed by atoms with Crippen LogP contribution in [0.4, 0.5) is 0 Å². The summed E-state index contributed by atoms with van der Waals surface area (Å²) >= 11 is 0. The van der Waals surface area contributed by atoms with Crippen molar-refractivity contribution in [1.29, 1.82) is 0 Å². The van der Waals surface area contributed by atoms with Crippen molar-refractivity contribution in [3.63, 3.8) is 0 Å². The molecular weight excluding hydrogens is 590 g/mol. The maximum Gasteiger partial charge on any atom is 0.335 e. The number of esters is 1. The molecule has 0 aliphatic carbocycles. The van der Waals surface area contributed by atoms with Gasteiger partial charge in [0, 0.05) is 52.2 Å². The van der Waals surface area contributed by atoms with Crippen molar-refractivity contribution in [1.82, 2.24) is 31.1 Å². The van der Waals surface area contributed by atoms with Gasteiger partial charge in [0.15, 0.2) is 17.9 Å². The number of nitrogens with zero attached hydrogens (tertiary/aromatic N) is 3. The third kappa shape index (κ3) is 20.3. The molecule has 0 aromatic carbocycles. The fourth-order valence-corrected chi connectivity index (χ4v) is 3.58. The number of Topliss-reactive ketones (excluding diaryl/α,β-unsaturated/α-hetero) is 1. The van der Waals surface area contributed by atoms with Crippen molar-refractivity contribution in [2.24, 2.45) is 17.0 Å². The van der Waals surface area contributed by atoms with Crippen LogP contribution in [0.15, 0.2) is 5.18 Å². The number of ketones is 1. The van der Waals surface area contributed by atoms with Crippen LogP contribution in [0.2, 0.25) is 0 Å². The van der Waals surface area contributed by atoms with Gasteiger partial charge in [0.2, 0.25) is 17.7 Å². The van der Waals surface area contributed by atoms with Crippen LogP contribution in [0.1, 0.15) is 19.8 Å². The first-order chi connectivity index (χ1) is 21.0. The molecule has 2 atom stereocenters. The van der Waals surface area contributed by atoms with E-state index in [9.17, 15) is 33.7 Å². The second-order valence-electron chi connectivity index (χ2n) is 9.44. The molecule has 3 amide bonds. The van der Waals surface area contributed by atoms with E-state index in [0.29, 0.717) is 26.2 Å². The number of aliphatic carboxylic acids is 1. The van der Waals surface area contributed by atoms with E-state index in [1.54, 1.807) is 6.92 Å². The van der Waals surface area contributed by atoms with Crippen molar-refractivity contribution < 1.29 is 48.3 Å². The van der Waals surface area contributed by atoms with E-state index in [4.69, 9.17) is 21.6 Å². The van der Waals surface area contributed by atoms with Gasteiger partial charge in [-0.2, -0.15) is 0 Å². The topological polar surface area (TPSA) is 286 Å². The molecule has 0 aliphatic heterocycles. The number of carbonyl (C=O) groups excluding carboxylic acids is 5. The summed E-state index contributed by atoms with van der Waals surface area (Å²) in [4.78, 5) is 94.6. The van der Waals surface area contributed by atoms with Gasteiger partial charge in [-0.05, 0) is 20.0 Å². The van der Waals surface area contributed by atoms with Crippen LogP contribution in [-0.2, 0) is 43.2 Å². The number of ether oxygens (including phenoxy) is 1. The van der Waals surface area contributed by atoms with Crippen LogP contribution >= 0.6 is 0 Å². The average molecular weight is 636 g/mol. The largest absolute Gasteiger partial charge is 0.480 e. The lowest BCUT2D eigenvalue weighted by atomic mass is 10.1. The molecule has 0 bridgehead atoms. The number of nitrogens with one attached hydrogen (secondary N) is 4. The number of amides is 3. The Balaban J connectivity index is 4.93. The number of carbonyl (C=O) groups is 6. The lowest BCUT2D eigenvalue weighted by molar-refractivity contribution is -0.157. The minimum absolute atomic E-state index is 0.142. The van der Waals surface area contributed by atoms with E-state index < -0.39 is 54.1 Å². The van der Waals surface area contributed by atoms with Gasteiger partial charge in [0.25, 0.3) is 0 Å². The second kappa shape index (κ2) is 24.7. The third-order valence-corrected chi connectivity index (χ3v) is 5.77. The van der Waals surface area contributed by atoms with Gasteiger partial charge in [-0.1, -0.05) is 12.1 Å². The van der Waals surface area contributed by atoms with E-state index in [2.05, 4.69) is 36.1 Å². The zero-order chi connectivity index (χ0) is 33.3. The van der Waals surface area contributed by atoms with Crippen LogP contribution in [0.5, 0.6) is 0 Å². The number of nitrogens with two attached hydrogens (primary N) is 2. The fraction of sp³-hybridized carbons (Fsp3) is 0.750. The third-order valence-electron chi connectivity index (χ3n) is 5.77. The molecule has 0 fully saturated rings. The molecule has 20 nitrogen and oxygen atoms in total. The molecule has 0 saturated carbocycles. The molecule has 0 spiro atoms. The highest BCUT2D eigenvalue weighted by atomic mass is 16.6. The number of rotatable bonds is 27. The first-order valence-corrected chi connectivity index (χ1v) is 13.8. The first-order valence-electron chi connectivity index (χ1n) is 13.8. The summed E-state index contributed by atoms with van der Waals surface area (Å²) in [5.74, 6) is 5.62. The van der Waals surface area contributed by atoms with Gasteiger partial charge in [-0.3, -0.25) is 43.4 Å². The molecule has 0 aromatic rings. The fourth-order valence-electron chi connectivity index (χ4n) is 3.58. The van der Waals surface area contributed by atoms with Gasteiger partial charge < -0.3 is 31.1 Å². The summed E-state index contributed by atoms with van der Waals surface area (Å²) in [7, 11) is 1.43. The summed E-state index contributed by atoms with van der Waals surface area (Å²) in [6.07, 6.45) is -1.90. The molecule has 9 N–H and O–H groups in total. The van der Waals surface area contributed by atoms with E-state index in [0.717, 1.165) is 0 Å². The normalized spacial score (nSPS) is 12.3. The summed E-state index contributed by atoms with van der Waals surface area (Å²) in [5.41, 5.74) is 0. The quantitative estimate of drug-likeness (QED) is 0.0254. The molecule has 0 rings (SSSR count). The van der Waals surface area contributed by atoms with Crippen LogP contribution in [0.25, 0.3) is 0 Å². The first kappa shape index (κ1) is 40.3. The minimum Gasteiger partial charge on any atom is -0.480 e. The summed E-state index contributed by atoms with van der Waals surface area (Å²) < 4.78 is 5.21. The lowest BCUT2D eigenvalue weighted by Crippen LogP contribution is -2.45. The van der Waals surface area contributed by atoms with Crippen molar-refractivity contribution in [3.05, 3.63) is 4.91 Å². The molecule has 2 unspecified atom stereocenters. The maximum absolute atomic E-state index is 12.6. The minimum atomic E-state index is -1.57. The lowest BCUT2D eigenvalue weighted by Gasteiger charge is -2.23. The summed E-state index contributed by atoms with van der Waals surface area (Å²) in [6, 6.07) is -1.57. The zero-order valence-corrected chi connectivity index (χ0v) is 25.1. The molecule has 0 heterocycles. The Morgan fingerprint density at radius 1 is 0.886 bits per heavy atom. The van der Waals surface area contributed by atoms with Gasteiger partial charge in [-0.25, -0.2) is 16.6 Å². The molecule has 0 aliphatic rings. The van der Waals surface area contributed by atoms with Crippen LogP contribution in [0, 0.1) is 4.91 Å². The smallest absolute Gasteiger partial charge is 0.335 e. The Hall–Kier alpha value is -3.66. The Bertz CT molecular complexity index is 902. The Morgan fingerprint density at radius 3 is 1.86 bits per heavy atom. The average Bonchev–Trinajstić information content (AvgIpc) is 2.95. The number of carboxylic acid groups (broad SMARTS) is 1. The van der Waals surface area contributed by atoms with Crippen molar-refractivity contribution >= 4 is 35.4 Å². The van der Waals surface area contributed by atoms with Crippen molar-refractivity contribution in [2.45, 2.75) is 31.9 Å². The standard InChI is InChI=1S/C24H45N9O11/c1-3-27-12-18(34)19(13-32(2)14-23(38)39)44-24(40)17(31-41)4-5-20(35)28-6-9-33(10-7-29-21(36)15-42-25)11-8-30-22(37)16-43-26/h17,19,27H,3-16,25-26H2,1-2H3,(H,28,35)(H,29,36)(H,30,37)(H,38,39). The molecule has 252 valence electrons. The van der Waals surface area contributed by atoms with Gasteiger partial charge in [0.1, 0.15) is 13.2 Å². The Morgan fingerprint density at radius 2 is 1.41 bits per heavy atom.